The van der Waals surface area contributed by atoms with Crippen LogP contribution >= 0.6 is 0 Å². The molecule has 0 amide bonds. The maximum absolute atomic E-state index is 10.9. The van der Waals surface area contributed by atoms with Gasteiger partial charge in [-0.2, -0.15) is 0 Å². The van der Waals surface area contributed by atoms with Gasteiger partial charge in [0.2, 0.25) is 0 Å². The van der Waals surface area contributed by atoms with E-state index in [1.54, 1.807) is 7.11 Å². The molecule has 2 rings (SSSR count). The molecule has 1 aliphatic rings. The molecule has 0 spiro atoms. The van der Waals surface area contributed by atoms with Crippen LogP contribution in [-0.2, 0) is 12.0 Å². The number of fused-ring (bicyclic) bond motifs is 1. The van der Waals surface area contributed by atoms with Crippen molar-refractivity contribution in [3.8, 4) is 5.75 Å². The molecule has 0 heterocycles. The van der Waals surface area contributed by atoms with E-state index >= 15 is 0 Å². The van der Waals surface area contributed by atoms with Crippen LogP contribution in [0.25, 0.3) is 0 Å². The Hall–Kier alpha value is -1.06. The van der Waals surface area contributed by atoms with Crippen LogP contribution in [0.15, 0.2) is 18.2 Å². The van der Waals surface area contributed by atoms with E-state index in [4.69, 9.17) is 4.74 Å². The van der Waals surface area contributed by atoms with Crippen molar-refractivity contribution < 1.29 is 9.84 Å². The summed E-state index contributed by atoms with van der Waals surface area (Å²) in [7, 11) is 1.66. The van der Waals surface area contributed by atoms with E-state index < -0.39 is 5.60 Å². The predicted octanol–water partition coefficient (Wildman–Crippen LogP) is 2.22. The molecule has 2 N–H and O–H groups in total. The number of rotatable bonds is 4. The highest BCUT2D eigenvalue weighted by Crippen LogP contribution is 2.36. The topological polar surface area (TPSA) is 41.5 Å². The summed E-state index contributed by atoms with van der Waals surface area (Å²) in [5.74, 6) is 0.818. The summed E-state index contributed by atoms with van der Waals surface area (Å²) < 4.78 is 5.27. The van der Waals surface area contributed by atoms with E-state index in [1.807, 2.05) is 12.1 Å². The van der Waals surface area contributed by atoms with Crippen LogP contribution in [0.4, 0.5) is 0 Å². The van der Waals surface area contributed by atoms with Gasteiger partial charge in [0.05, 0.1) is 7.11 Å². The molecule has 0 bridgehead atoms. The van der Waals surface area contributed by atoms with Gasteiger partial charge in [-0.25, -0.2) is 0 Å². The number of aryl methyl sites for hydroxylation is 1. The van der Waals surface area contributed by atoms with Gasteiger partial charge >= 0.3 is 0 Å². The minimum Gasteiger partial charge on any atom is -0.497 e. The van der Waals surface area contributed by atoms with E-state index in [9.17, 15) is 5.11 Å². The van der Waals surface area contributed by atoms with Gasteiger partial charge in [0.25, 0.3) is 0 Å². The maximum atomic E-state index is 10.9. The molecule has 3 nitrogen and oxygen atoms in total. The third kappa shape index (κ3) is 2.68. The molecule has 0 fully saturated rings. The largest absolute Gasteiger partial charge is 0.497 e. The van der Waals surface area contributed by atoms with Crippen molar-refractivity contribution >= 4 is 0 Å². The molecule has 100 valence electrons. The predicted molar refractivity (Wildman–Crippen MR) is 73.0 cm³/mol. The number of aliphatic hydroxyl groups is 1. The Bertz CT molecular complexity index is 417. The number of hydrogen-bond donors (Lipinski definition) is 2. The van der Waals surface area contributed by atoms with Crippen molar-refractivity contribution in [3.05, 3.63) is 29.3 Å². The lowest BCUT2D eigenvalue weighted by Crippen LogP contribution is -2.43. The Labute approximate surface area is 109 Å². The fraction of sp³-hybridized carbons (Fsp3) is 0.600. The van der Waals surface area contributed by atoms with Crippen molar-refractivity contribution in [1.29, 1.82) is 0 Å². The highest BCUT2D eigenvalue weighted by atomic mass is 16.5. The first kappa shape index (κ1) is 13.4. The van der Waals surface area contributed by atoms with Crippen LogP contribution in [0.2, 0.25) is 0 Å². The van der Waals surface area contributed by atoms with Crippen LogP contribution in [0.1, 0.15) is 37.8 Å². The third-order valence-electron chi connectivity index (χ3n) is 3.66. The third-order valence-corrected chi connectivity index (χ3v) is 3.66. The lowest BCUT2D eigenvalue weighted by Gasteiger charge is -2.35. The van der Waals surface area contributed by atoms with E-state index in [-0.39, 0.29) is 0 Å². The van der Waals surface area contributed by atoms with Gasteiger partial charge in [0, 0.05) is 12.6 Å². The fourth-order valence-electron chi connectivity index (χ4n) is 2.60. The fourth-order valence-corrected chi connectivity index (χ4v) is 2.60. The molecule has 1 aromatic rings. The Morgan fingerprint density at radius 2 is 2.22 bits per heavy atom. The first-order valence-electron chi connectivity index (χ1n) is 6.68. The van der Waals surface area contributed by atoms with Crippen molar-refractivity contribution in [1.82, 2.24) is 5.32 Å². The minimum atomic E-state index is -0.758. The number of hydrogen-bond acceptors (Lipinski definition) is 3. The SMILES string of the molecule is COc1ccc2c(c1)C(O)(CNC(C)C)CCC2. The molecule has 0 saturated heterocycles. The Morgan fingerprint density at radius 1 is 1.44 bits per heavy atom. The van der Waals surface area contributed by atoms with E-state index in [1.165, 1.54) is 5.56 Å². The summed E-state index contributed by atoms with van der Waals surface area (Å²) in [5, 5.41) is 14.2. The van der Waals surface area contributed by atoms with Crippen molar-refractivity contribution in [2.24, 2.45) is 0 Å². The zero-order valence-electron chi connectivity index (χ0n) is 11.5. The number of nitrogens with one attached hydrogen (secondary N) is 1. The molecule has 3 heteroatoms. The minimum absolute atomic E-state index is 0.380. The zero-order valence-corrected chi connectivity index (χ0v) is 11.5. The van der Waals surface area contributed by atoms with Crippen LogP contribution in [0, 0.1) is 0 Å². The molecule has 1 atom stereocenters. The summed E-state index contributed by atoms with van der Waals surface area (Å²) in [4.78, 5) is 0. The second kappa shape index (κ2) is 5.29. The van der Waals surface area contributed by atoms with Gasteiger partial charge in [0.15, 0.2) is 0 Å². The Balaban J connectivity index is 2.29. The van der Waals surface area contributed by atoms with E-state index in [0.29, 0.717) is 12.6 Å². The smallest absolute Gasteiger partial charge is 0.119 e. The average molecular weight is 249 g/mol. The van der Waals surface area contributed by atoms with E-state index in [2.05, 4.69) is 25.2 Å². The first-order chi connectivity index (χ1) is 8.55. The Kier molecular flexibility index (Phi) is 3.93. The zero-order chi connectivity index (χ0) is 13.2. The van der Waals surface area contributed by atoms with Gasteiger partial charge < -0.3 is 15.2 Å². The average Bonchev–Trinajstić information content (AvgIpc) is 2.37. The van der Waals surface area contributed by atoms with Crippen LogP contribution in [0.3, 0.4) is 0 Å². The summed E-state index contributed by atoms with van der Waals surface area (Å²) in [5.41, 5.74) is 1.52. The summed E-state index contributed by atoms with van der Waals surface area (Å²) in [6, 6.07) is 6.41. The second-order valence-corrected chi connectivity index (χ2v) is 5.44. The lowest BCUT2D eigenvalue weighted by atomic mass is 9.79. The molecule has 0 saturated carbocycles. The van der Waals surface area contributed by atoms with Crippen molar-refractivity contribution in [2.75, 3.05) is 13.7 Å². The maximum Gasteiger partial charge on any atom is 0.119 e. The normalized spacial score (nSPS) is 22.9. The molecular formula is C15H23NO2. The van der Waals surface area contributed by atoms with Crippen LogP contribution in [-0.4, -0.2) is 24.8 Å². The highest BCUT2D eigenvalue weighted by molar-refractivity contribution is 5.41. The molecule has 18 heavy (non-hydrogen) atoms. The van der Waals surface area contributed by atoms with Gasteiger partial charge in [-0.15, -0.1) is 0 Å². The van der Waals surface area contributed by atoms with Crippen LogP contribution in [0.5, 0.6) is 5.75 Å². The molecule has 0 aromatic heterocycles. The number of ether oxygens (including phenoxy) is 1. The molecule has 1 aliphatic carbocycles. The summed E-state index contributed by atoms with van der Waals surface area (Å²) >= 11 is 0. The number of benzene rings is 1. The van der Waals surface area contributed by atoms with Gasteiger partial charge in [-0.1, -0.05) is 19.9 Å². The Morgan fingerprint density at radius 3 is 2.89 bits per heavy atom. The van der Waals surface area contributed by atoms with Crippen molar-refractivity contribution in [2.45, 2.75) is 44.8 Å². The summed E-state index contributed by atoms with van der Waals surface area (Å²) in [6.45, 7) is 4.79. The summed E-state index contributed by atoms with van der Waals surface area (Å²) in [6.07, 6.45) is 2.89. The van der Waals surface area contributed by atoms with E-state index in [0.717, 1.165) is 30.6 Å². The molecule has 1 aromatic carbocycles. The molecule has 0 aliphatic heterocycles. The van der Waals surface area contributed by atoms with Gasteiger partial charge in [-0.05, 0) is 42.5 Å². The first-order valence-corrected chi connectivity index (χ1v) is 6.68. The molecular weight excluding hydrogens is 226 g/mol. The lowest BCUT2D eigenvalue weighted by molar-refractivity contribution is 0.0173. The second-order valence-electron chi connectivity index (χ2n) is 5.44. The monoisotopic (exact) mass is 249 g/mol. The van der Waals surface area contributed by atoms with Crippen LogP contribution < -0.4 is 10.1 Å². The van der Waals surface area contributed by atoms with Crippen molar-refractivity contribution in [3.63, 3.8) is 0 Å². The van der Waals surface area contributed by atoms with Gasteiger partial charge in [0.1, 0.15) is 11.4 Å². The quantitative estimate of drug-likeness (QED) is 0.859. The highest BCUT2D eigenvalue weighted by Gasteiger charge is 2.34. The number of methoxy groups -OCH3 is 1. The molecule has 0 radical (unpaired) electrons. The standard InChI is InChI=1S/C15H23NO2/c1-11(2)16-10-15(17)8-4-5-12-6-7-13(18-3)9-14(12)15/h6-7,9,11,16-17H,4-5,8,10H2,1-3H3. The molecule has 1 unspecified atom stereocenters. The van der Waals surface area contributed by atoms with Gasteiger partial charge in [-0.3, -0.25) is 0 Å².